The van der Waals surface area contributed by atoms with Crippen molar-refractivity contribution in [3.63, 3.8) is 0 Å². The van der Waals surface area contributed by atoms with Crippen LogP contribution in [-0.4, -0.2) is 23.4 Å². The Morgan fingerprint density at radius 3 is 2.53 bits per heavy atom. The number of nitrogens with zero attached hydrogens (tertiary/aromatic N) is 2. The van der Waals surface area contributed by atoms with Crippen LogP contribution >= 0.6 is 0 Å². The minimum absolute atomic E-state index is 0.108. The Bertz CT molecular complexity index is 339. The number of hydrogen-bond donors (Lipinski definition) is 0. The number of nitriles is 1. The number of piperidine rings is 1. The topological polar surface area (TPSA) is 44.1 Å². The average Bonchev–Trinajstić information content (AvgIpc) is 2.78. The zero-order valence-electron chi connectivity index (χ0n) is 10.9. The summed E-state index contributed by atoms with van der Waals surface area (Å²) in [6.45, 7) is 5.20. The summed E-state index contributed by atoms with van der Waals surface area (Å²) in [5.41, 5.74) is -0.686. The molecule has 1 saturated carbocycles. The van der Waals surface area contributed by atoms with Crippen molar-refractivity contribution < 1.29 is 4.79 Å². The molecule has 1 amide bonds. The van der Waals surface area contributed by atoms with E-state index in [1.807, 2.05) is 4.90 Å². The fraction of sp³-hybridized carbons (Fsp3) is 0.857. The maximum absolute atomic E-state index is 12.6. The normalized spacial score (nSPS) is 32.2. The van der Waals surface area contributed by atoms with Gasteiger partial charge in [0, 0.05) is 12.6 Å². The first-order chi connectivity index (χ1) is 8.09. The van der Waals surface area contributed by atoms with Gasteiger partial charge >= 0.3 is 0 Å². The van der Waals surface area contributed by atoms with Crippen molar-refractivity contribution in [3.8, 4) is 6.07 Å². The third-order valence-electron chi connectivity index (χ3n) is 4.48. The van der Waals surface area contributed by atoms with Crippen molar-refractivity contribution in [2.45, 2.75) is 58.4 Å². The van der Waals surface area contributed by atoms with Gasteiger partial charge in [-0.05, 0) is 38.5 Å². The predicted molar refractivity (Wildman–Crippen MR) is 66.1 cm³/mol. The van der Waals surface area contributed by atoms with Gasteiger partial charge in [-0.15, -0.1) is 0 Å². The van der Waals surface area contributed by atoms with Gasteiger partial charge in [0.05, 0.1) is 6.07 Å². The molecule has 0 spiro atoms. The molecule has 2 atom stereocenters. The van der Waals surface area contributed by atoms with Gasteiger partial charge in [-0.2, -0.15) is 5.26 Å². The van der Waals surface area contributed by atoms with E-state index in [0.717, 1.165) is 45.1 Å². The summed E-state index contributed by atoms with van der Waals surface area (Å²) >= 11 is 0. The minimum Gasteiger partial charge on any atom is -0.339 e. The molecule has 2 rings (SSSR count). The number of rotatable bonds is 1. The Kier molecular flexibility index (Phi) is 3.42. The van der Waals surface area contributed by atoms with E-state index in [2.05, 4.69) is 19.9 Å². The van der Waals surface area contributed by atoms with Gasteiger partial charge in [0.1, 0.15) is 5.41 Å². The third-order valence-corrected chi connectivity index (χ3v) is 4.48. The van der Waals surface area contributed by atoms with Crippen LogP contribution in [0.5, 0.6) is 0 Å². The van der Waals surface area contributed by atoms with Gasteiger partial charge in [0.15, 0.2) is 0 Å². The second kappa shape index (κ2) is 4.68. The number of likely N-dealkylation sites (tertiary alicyclic amines) is 1. The zero-order chi connectivity index (χ0) is 12.5. The number of carbonyl (C=O) groups is 1. The van der Waals surface area contributed by atoms with Crippen LogP contribution in [-0.2, 0) is 4.79 Å². The summed E-state index contributed by atoms with van der Waals surface area (Å²) in [7, 11) is 0. The summed E-state index contributed by atoms with van der Waals surface area (Å²) in [5.74, 6) is 0.813. The molecule has 17 heavy (non-hydrogen) atoms. The fourth-order valence-corrected chi connectivity index (χ4v) is 3.34. The van der Waals surface area contributed by atoms with E-state index in [-0.39, 0.29) is 5.91 Å². The van der Waals surface area contributed by atoms with Gasteiger partial charge < -0.3 is 4.90 Å². The van der Waals surface area contributed by atoms with Crippen LogP contribution in [0.4, 0.5) is 0 Å². The molecule has 2 unspecified atom stereocenters. The molecule has 0 aromatic carbocycles. The van der Waals surface area contributed by atoms with Crippen LogP contribution in [0.3, 0.4) is 0 Å². The lowest BCUT2D eigenvalue weighted by molar-refractivity contribution is -0.142. The second-order valence-electron chi connectivity index (χ2n) is 5.88. The fourth-order valence-electron chi connectivity index (χ4n) is 3.34. The predicted octanol–water partition coefficient (Wildman–Crippen LogP) is 2.72. The van der Waals surface area contributed by atoms with E-state index < -0.39 is 5.41 Å². The minimum atomic E-state index is -0.686. The van der Waals surface area contributed by atoms with Crippen LogP contribution in [0.25, 0.3) is 0 Å². The van der Waals surface area contributed by atoms with Crippen LogP contribution in [0.15, 0.2) is 0 Å². The molecule has 1 heterocycles. The highest BCUT2D eigenvalue weighted by molar-refractivity contribution is 5.86. The van der Waals surface area contributed by atoms with Crippen molar-refractivity contribution >= 4 is 5.91 Å². The largest absolute Gasteiger partial charge is 0.339 e. The van der Waals surface area contributed by atoms with Gasteiger partial charge in [-0.3, -0.25) is 4.79 Å². The molecule has 1 aliphatic carbocycles. The monoisotopic (exact) mass is 234 g/mol. The maximum Gasteiger partial charge on any atom is 0.243 e. The highest BCUT2D eigenvalue weighted by atomic mass is 16.2. The van der Waals surface area contributed by atoms with E-state index in [0.29, 0.717) is 12.0 Å². The lowest BCUT2D eigenvalue weighted by atomic mass is 9.84. The zero-order valence-corrected chi connectivity index (χ0v) is 10.9. The highest BCUT2D eigenvalue weighted by Gasteiger charge is 2.45. The number of amides is 1. The van der Waals surface area contributed by atoms with E-state index in [9.17, 15) is 10.1 Å². The molecule has 0 aromatic rings. The van der Waals surface area contributed by atoms with Gasteiger partial charge in [-0.1, -0.05) is 19.8 Å². The number of carbonyl (C=O) groups excluding carboxylic acids is 1. The van der Waals surface area contributed by atoms with E-state index >= 15 is 0 Å². The average molecular weight is 234 g/mol. The molecule has 0 N–H and O–H groups in total. The molecule has 2 fully saturated rings. The Morgan fingerprint density at radius 2 is 2.00 bits per heavy atom. The van der Waals surface area contributed by atoms with Gasteiger partial charge in [0.25, 0.3) is 0 Å². The second-order valence-corrected chi connectivity index (χ2v) is 5.88. The first-order valence-electron chi connectivity index (χ1n) is 6.81. The Labute approximate surface area is 104 Å². The number of hydrogen-bond acceptors (Lipinski definition) is 2. The lowest BCUT2D eigenvalue weighted by Gasteiger charge is -2.39. The SMILES string of the molecule is CC1CCN(C(=O)C2(C#N)CCCC2)C(C)C1. The smallest absolute Gasteiger partial charge is 0.243 e. The quantitative estimate of drug-likeness (QED) is 0.700. The Hall–Kier alpha value is -1.04. The maximum atomic E-state index is 12.6. The third kappa shape index (κ3) is 2.18. The van der Waals surface area contributed by atoms with Gasteiger partial charge in [-0.25, -0.2) is 0 Å². The van der Waals surface area contributed by atoms with Crippen LogP contribution in [0, 0.1) is 22.7 Å². The van der Waals surface area contributed by atoms with E-state index in [1.54, 1.807) is 0 Å². The first-order valence-corrected chi connectivity index (χ1v) is 6.81. The summed E-state index contributed by atoms with van der Waals surface area (Å²) < 4.78 is 0. The standard InChI is InChI=1S/C14H22N2O/c1-11-5-8-16(12(2)9-11)13(17)14(10-15)6-3-4-7-14/h11-12H,3-9H2,1-2H3. The summed E-state index contributed by atoms with van der Waals surface area (Å²) in [4.78, 5) is 14.5. The highest BCUT2D eigenvalue weighted by Crippen LogP contribution is 2.40. The summed E-state index contributed by atoms with van der Waals surface area (Å²) in [6.07, 6.45) is 5.74. The first kappa shape index (κ1) is 12.4. The van der Waals surface area contributed by atoms with Crippen LogP contribution in [0.2, 0.25) is 0 Å². The van der Waals surface area contributed by atoms with E-state index in [1.165, 1.54) is 0 Å². The molecule has 3 heteroatoms. The molecule has 94 valence electrons. The molecule has 2 aliphatic rings. The lowest BCUT2D eigenvalue weighted by Crippen LogP contribution is -2.50. The molecule has 0 radical (unpaired) electrons. The van der Waals surface area contributed by atoms with Crippen molar-refractivity contribution in [1.82, 2.24) is 4.90 Å². The summed E-state index contributed by atoms with van der Waals surface area (Å²) in [5, 5.41) is 9.36. The molecular weight excluding hydrogens is 212 g/mol. The van der Waals surface area contributed by atoms with Crippen LogP contribution < -0.4 is 0 Å². The summed E-state index contributed by atoms with van der Waals surface area (Å²) in [6, 6.07) is 2.62. The van der Waals surface area contributed by atoms with Crippen molar-refractivity contribution in [3.05, 3.63) is 0 Å². The molecule has 0 bridgehead atoms. The Morgan fingerprint density at radius 1 is 1.35 bits per heavy atom. The van der Waals surface area contributed by atoms with Crippen molar-refractivity contribution in [2.24, 2.45) is 11.3 Å². The van der Waals surface area contributed by atoms with E-state index in [4.69, 9.17) is 0 Å². The van der Waals surface area contributed by atoms with Crippen molar-refractivity contribution in [2.75, 3.05) is 6.54 Å². The molecular formula is C14H22N2O. The van der Waals surface area contributed by atoms with Crippen molar-refractivity contribution in [1.29, 1.82) is 5.26 Å². The molecule has 3 nitrogen and oxygen atoms in total. The Balaban J connectivity index is 2.12. The van der Waals surface area contributed by atoms with Crippen LogP contribution in [0.1, 0.15) is 52.4 Å². The molecule has 1 saturated heterocycles. The molecule has 0 aromatic heterocycles. The van der Waals surface area contributed by atoms with Gasteiger partial charge in [0.2, 0.25) is 5.91 Å². The molecule has 1 aliphatic heterocycles.